The number of hydrogen-bond acceptors (Lipinski definition) is 5. The number of benzene rings is 1. The predicted octanol–water partition coefficient (Wildman–Crippen LogP) is 1.80. The molecule has 1 aromatic rings. The molecule has 118 valence electrons. The largest absolute Gasteiger partial charge is 0.494 e. The van der Waals surface area contributed by atoms with E-state index in [1.807, 2.05) is 38.1 Å². The highest BCUT2D eigenvalue weighted by Crippen LogP contribution is 2.12. The van der Waals surface area contributed by atoms with Gasteiger partial charge in [-0.15, -0.1) is 0 Å². The van der Waals surface area contributed by atoms with Crippen molar-refractivity contribution in [2.45, 2.75) is 26.8 Å². The molecule has 0 aliphatic heterocycles. The first-order valence-electron chi connectivity index (χ1n) is 7.49. The number of carbonyl (C=O) groups excluding carboxylic acids is 1. The Labute approximate surface area is 127 Å². The Morgan fingerprint density at radius 2 is 1.95 bits per heavy atom. The highest BCUT2D eigenvalue weighted by Gasteiger charge is 2.09. The van der Waals surface area contributed by atoms with Crippen LogP contribution in [0.1, 0.15) is 25.8 Å². The van der Waals surface area contributed by atoms with Gasteiger partial charge in [-0.05, 0) is 37.6 Å². The van der Waals surface area contributed by atoms with Gasteiger partial charge in [-0.2, -0.15) is 0 Å². The van der Waals surface area contributed by atoms with E-state index in [0.717, 1.165) is 30.8 Å². The van der Waals surface area contributed by atoms with E-state index >= 15 is 0 Å². The van der Waals surface area contributed by atoms with Gasteiger partial charge in [0.1, 0.15) is 5.75 Å². The van der Waals surface area contributed by atoms with Crippen molar-refractivity contribution in [2.75, 3.05) is 32.8 Å². The molecule has 0 radical (unpaired) electrons. The van der Waals surface area contributed by atoms with E-state index < -0.39 is 0 Å². The molecule has 1 rings (SSSR count). The lowest BCUT2D eigenvalue weighted by molar-refractivity contribution is -0.144. The van der Waals surface area contributed by atoms with Crippen molar-refractivity contribution in [1.82, 2.24) is 4.90 Å². The highest BCUT2D eigenvalue weighted by atomic mass is 16.5. The van der Waals surface area contributed by atoms with Crippen LogP contribution in [0.15, 0.2) is 24.3 Å². The topological polar surface area (TPSA) is 64.8 Å². The molecule has 21 heavy (non-hydrogen) atoms. The van der Waals surface area contributed by atoms with Gasteiger partial charge in [-0.25, -0.2) is 0 Å². The monoisotopic (exact) mass is 294 g/mol. The van der Waals surface area contributed by atoms with Gasteiger partial charge in [0.25, 0.3) is 0 Å². The minimum atomic E-state index is -0.169. The third-order valence-electron chi connectivity index (χ3n) is 3.15. The molecule has 0 heterocycles. The second-order valence-electron chi connectivity index (χ2n) is 4.72. The van der Waals surface area contributed by atoms with E-state index in [9.17, 15) is 4.79 Å². The summed E-state index contributed by atoms with van der Waals surface area (Å²) in [5, 5.41) is 0. The van der Waals surface area contributed by atoms with E-state index in [1.54, 1.807) is 0 Å². The minimum Gasteiger partial charge on any atom is -0.494 e. The van der Waals surface area contributed by atoms with Crippen LogP contribution in [0.25, 0.3) is 0 Å². The smallest absolute Gasteiger partial charge is 0.320 e. The maximum absolute atomic E-state index is 11.4. The zero-order chi connectivity index (χ0) is 15.5. The van der Waals surface area contributed by atoms with E-state index in [1.165, 1.54) is 0 Å². The number of nitrogens with zero attached hydrogens (tertiary/aromatic N) is 1. The zero-order valence-corrected chi connectivity index (χ0v) is 13.0. The van der Waals surface area contributed by atoms with E-state index in [0.29, 0.717) is 26.3 Å². The summed E-state index contributed by atoms with van der Waals surface area (Å²) in [6, 6.07) is 7.79. The van der Waals surface area contributed by atoms with Gasteiger partial charge in [0.15, 0.2) is 0 Å². The van der Waals surface area contributed by atoms with Crippen molar-refractivity contribution in [3.63, 3.8) is 0 Å². The van der Waals surface area contributed by atoms with Gasteiger partial charge in [0.2, 0.25) is 0 Å². The maximum atomic E-state index is 11.4. The Balaban J connectivity index is 2.23. The van der Waals surface area contributed by atoms with Gasteiger partial charge in [-0.1, -0.05) is 19.1 Å². The molecule has 0 aliphatic carbocycles. The third-order valence-corrected chi connectivity index (χ3v) is 3.15. The summed E-state index contributed by atoms with van der Waals surface area (Å²) in [5.74, 6) is 0.679. The summed E-state index contributed by atoms with van der Waals surface area (Å²) < 4.78 is 10.6. The molecule has 2 N–H and O–H groups in total. The molecular formula is C16H26N2O3. The number of nitrogens with two attached hydrogens (primary N) is 1. The van der Waals surface area contributed by atoms with Crippen LogP contribution in [0, 0.1) is 0 Å². The molecule has 0 amide bonds. The standard InChI is InChI=1S/C16H26N2O3/c1-3-18(13-16(19)20-4-2)10-5-11-21-15-8-6-14(12-17)7-9-15/h6-9H,3-5,10-13,17H2,1-2H3. The highest BCUT2D eigenvalue weighted by molar-refractivity contribution is 5.71. The molecule has 0 spiro atoms. The Hall–Kier alpha value is -1.59. The van der Waals surface area contributed by atoms with Crippen molar-refractivity contribution in [3.8, 4) is 5.75 Å². The van der Waals surface area contributed by atoms with Gasteiger partial charge in [0.05, 0.1) is 19.8 Å². The minimum absolute atomic E-state index is 0.169. The lowest BCUT2D eigenvalue weighted by Gasteiger charge is -2.19. The summed E-state index contributed by atoms with van der Waals surface area (Å²) in [6.07, 6.45) is 0.867. The molecule has 5 heteroatoms. The van der Waals surface area contributed by atoms with Crippen LogP contribution < -0.4 is 10.5 Å². The summed E-state index contributed by atoms with van der Waals surface area (Å²) in [5.41, 5.74) is 6.64. The third kappa shape index (κ3) is 7.11. The summed E-state index contributed by atoms with van der Waals surface area (Å²) >= 11 is 0. The Bertz CT molecular complexity index is 406. The SMILES string of the molecule is CCOC(=O)CN(CC)CCCOc1ccc(CN)cc1. The second kappa shape index (κ2) is 10.2. The van der Waals surface area contributed by atoms with Crippen molar-refractivity contribution in [2.24, 2.45) is 5.73 Å². The number of likely N-dealkylation sites (N-methyl/N-ethyl adjacent to an activating group) is 1. The Morgan fingerprint density at radius 3 is 2.52 bits per heavy atom. The zero-order valence-electron chi connectivity index (χ0n) is 13.0. The maximum Gasteiger partial charge on any atom is 0.320 e. The van der Waals surface area contributed by atoms with Crippen LogP contribution in [0.3, 0.4) is 0 Å². The van der Waals surface area contributed by atoms with E-state index in [2.05, 4.69) is 4.90 Å². The molecule has 0 atom stereocenters. The van der Waals surface area contributed by atoms with Gasteiger partial charge in [0, 0.05) is 13.1 Å². The Kier molecular flexibility index (Phi) is 8.47. The average molecular weight is 294 g/mol. The van der Waals surface area contributed by atoms with Crippen molar-refractivity contribution < 1.29 is 14.3 Å². The lowest BCUT2D eigenvalue weighted by atomic mass is 10.2. The molecule has 0 unspecified atom stereocenters. The normalized spacial score (nSPS) is 10.7. The molecule has 0 bridgehead atoms. The summed E-state index contributed by atoms with van der Waals surface area (Å²) in [7, 11) is 0. The number of carbonyl (C=O) groups is 1. The van der Waals surface area contributed by atoms with Crippen LogP contribution >= 0.6 is 0 Å². The quantitative estimate of drug-likeness (QED) is 0.526. The fourth-order valence-electron chi connectivity index (χ4n) is 1.94. The van der Waals surface area contributed by atoms with Gasteiger partial charge in [-0.3, -0.25) is 9.69 Å². The predicted molar refractivity (Wildman–Crippen MR) is 83.2 cm³/mol. The van der Waals surface area contributed by atoms with Gasteiger partial charge < -0.3 is 15.2 Å². The van der Waals surface area contributed by atoms with Crippen LogP contribution in [0.2, 0.25) is 0 Å². The van der Waals surface area contributed by atoms with Crippen LogP contribution in [-0.2, 0) is 16.1 Å². The summed E-state index contributed by atoms with van der Waals surface area (Å²) in [4.78, 5) is 13.5. The molecule has 0 aromatic heterocycles. The van der Waals surface area contributed by atoms with Gasteiger partial charge >= 0.3 is 5.97 Å². The molecule has 0 fully saturated rings. The molecule has 0 saturated carbocycles. The molecule has 1 aromatic carbocycles. The number of hydrogen-bond donors (Lipinski definition) is 1. The van der Waals surface area contributed by atoms with Crippen LogP contribution in [0.5, 0.6) is 5.75 Å². The lowest BCUT2D eigenvalue weighted by Crippen LogP contribution is -2.32. The fourth-order valence-corrected chi connectivity index (χ4v) is 1.94. The molecule has 0 aliphatic rings. The fraction of sp³-hybridized carbons (Fsp3) is 0.562. The first-order valence-corrected chi connectivity index (χ1v) is 7.49. The molecule has 0 saturated heterocycles. The average Bonchev–Trinajstić information content (AvgIpc) is 2.51. The number of rotatable bonds is 10. The van der Waals surface area contributed by atoms with Crippen molar-refractivity contribution >= 4 is 5.97 Å². The molecule has 5 nitrogen and oxygen atoms in total. The van der Waals surface area contributed by atoms with Crippen molar-refractivity contribution in [1.29, 1.82) is 0 Å². The summed E-state index contributed by atoms with van der Waals surface area (Å²) in [6.45, 7) is 7.43. The first kappa shape index (κ1) is 17.5. The van der Waals surface area contributed by atoms with Crippen LogP contribution in [0.4, 0.5) is 0 Å². The number of esters is 1. The Morgan fingerprint density at radius 1 is 1.24 bits per heavy atom. The first-order chi connectivity index (χ1) is 10.2. The number of ether oxygens (including phenoxy) is 2. The van der Waals surface area contributed by atoms with Crippen molar-refractivity contribution in [3.05, 3.63) is 29.8 Å². The second-order valence-corrected chi connectivity index (χ2v) is 4.72. The van der Waals surface area contributed by atoms with E-state index in [-0.39, 0.29) is 5.97 Å². The molecular weight excluding hydrogens is 268 g/mol. The van der Waals surface area contributed by atoms with Crippen LogP contribution in [-0.4, -0.2) is 43.7 Å². The van der Waals surface area contributed by atoms with E-state index in [4.69, 9.17) is 15.2 Å².